The molecule has 0 saturated heterocycles. The Bertz CT molecular complexity index is 481. The number of terminal acetylenes is 1. The molecule has 4 heteroatoms. The first-order valence-corrected chi connectivity index (χ1v) is 3.73. The summed E-state index contributed by atoms with van der Waals surface area (Å²) < 4.78 is 14.3. The number of nitrogens with zero attached hydrogens (tertiary/aromatic N) is 3. The summed E-state index contributed by atoms with van der Waals surface area (Å²) in [6.45, 7) is 0.306. The number of halogens is 1. The molecular formula is C9H6FN3. The lowest BCUT2D eigenvalue weighted by atomic mass is 10.3. The zero-order valence-corrected chi connectivity index (χ0v) is 6.74. The van der Waals surface area contributed by atoms with E-state index in [-0.39, 0.29) is 5.82 Å². The van der Waals surface area contributed by atoms with Crippen LogP contribution in [0.3, 0.4) is 0 Å². The van der Waals surface area contributed by atoms with E-state index in [0.29, 0.717) is 17.6 Å². The minimum absolute atomic E-state index is 0.306. The fourth-order valence-electron chi connectivity index (χ4n) is 1.14. The monoisotopic (exact) mass is 175 g/mol. The zero-order valence-electron chi connectivity index (χ0n) is 6.74. The molecule has 0 fully saturated rings. The van der Waals surface area contributed by atoms with Gasteiger partial charge in [-0.3, -0.25) is 0 Å². The van der Waals surface area contributed by atoms with Gasteiger partial charge in [-0.15, -0.1) is 11.5 Å². The number of fused-ring (bicyclic) bond motifs is 1. The second-order valence-corrected chi connectivity index (χ2v) is 2.58. The van der Waals surface area contributed by atoms with Crippen LogP contribution in [0.15, 0.2) is 18.2 Å². The van der Waals surface area contributed by atoms with Crippen LogP contribution in [0.5, 0.6) is 0 Å². The Labute approximate surface area is 74.2 Å². The van der Waals surface area contributed by atoms with Crippen molar-refractivity contribution in [1.82, 2.24) is 15.0 Å². The summed E-state index contributed by atoms with van der Waals surface area (Å²) in [6, 6.07) is 4.29. The van der Waals surface area contributed by atoms with Gasteiger partial charge >= 0.3 is 0 Å². The lowest BCUT2D eigenvalue weighted by Crippen LogP contribution is -1.97. The van der Waals surface area contributed by atoms with Gasteiger partial charge in [0.15, 0.2) is 0 Å². The molecule has 2 rings (SSSR count). The van der Waals surface area contributed by atoms with Gasteiger partial charge in [-0.2, -0.15) is 0 Å². The molecule has 0 bridgehead atoms. The molecule has 0 spiro atoms. The average molecular weight is 175 g/mol. The highest BCUT2D eigenvalue weighted by atomic mass is 19.1. The van der Waals surface area contributed by atoms with Crippen molar-refractivity contribution in [3.8, 4) is 12.3 Å². The van der Waals surface area contributed by atoms with Crippen molar-refractivity contribution in [3.63, 3.8) is 0 Å². The molecular weight excluding hydrogens is 169 g/mol. The molecule has 0 unspecified atom stereocenters. The van der Waals surface area contributed by atoms with Gasteiger partial charge in [0.25, 0.3) is 0 Å². The van der Waals surface area contributed by atoms with E-state index in [0.717, 1.165) is 0 Å². The number of rotatable bonds is 1. The van der Waals surface area contributed by atoms with Gasteiger partial charge in [-0.05, 0) is 12.1 Å². The van der Waals surface area contributed by atoms with Crippen LogP contribution < -0.4 is 0 Å². The summed E-state index contributed by atoms with van der Waals surface area (Å²) >= 11 is 0. The third-order valence-electron chi connectivity index (χ3n) is 1.72. The molecule has 0 N–H and O–H groups in total. The summed E-state index contributed by atoms with van der Waals surface area (Å²) in [5, 5.41) is 7.61. The van der Waals surface area contributed by atoms with Crippen LogP contribution in [0.25, 0.3) is 11.0 Å². The summed E-state index contributed by atoms with van der Waals surface area (Å²) in [4.78, 5) is 0. The average Bonchev–Trinajstić information content (AvgIpc) is 2.49. The van der Waals surface area contributed by atoms with Gasteiger partial charge in [0.05, 0.1) is 5.52 Å². The number of benzene rings is 1. The van der Waals surface area contributed by atoms with E-state index in [9.17, 15) is 4.39 Å². The van der Waals surface area contributed by atoms with Crippen LogP contribution in [0, 0.1) is 18.2 Å². The van der Waals surface area contributed by atoms with Crippen molar-refractivity contribution in [2.24, 2.45) is 0 Å². The van der Waals surface area contributed by atoms with Gasteiger partial charge in [-0.25, -0.2) is 9.07 Å². The van der Waals surface area contributed by atoms with Gasteiger partial charge in [0, 0.05) is 6.07 Å². The molecule has 1 aromatic heterocycles. The molecule has 0 amide bonds. The van der Waals surface area contributed by atoms with E-state index in [1.165, 1.54) is 16.8 Å². The molecule has 13 heavy (non-hydrogen) atoms. The highest BCUT2D eigenvalue weighted by Gasteiger charge is 2.03. The molecule has 0 aliphatic rings. The largest absolute Gasteiger partial charge is 0.233 e. The second kappa shape index (κ2) is 2.87. The lowest BCUT2D eigenvalue weighted by molar-refractivity contribution is 0.627. The minimum atomic E-state index is -0.312. The topological polar surface area (TPSA) is 30.7 Å². The van der Waals surface area contributed by atoms with Gasteiger partial charge in [0.1, 0.15) is 17.9 Å². The van der Waals surface area contributed by atoms with Crippen molar-refractivity contribution in [2.45, 2.75) is 6.54 Å². The second-order valence-electron chi connectivity index (χ2n) is 2.58. The molecule has 0 radical (unpaired) electrons. The lowest BCUT2D eigenvalue weighted by Gasteiger charge is -1.94. The fourth-order valence-corrected chi connectivity index (χ4v) is 1.14. The van der Waals surface area contributed by atoms with Crippen molar-refractivity contribution < 1.29 is 4.39 Å². The Kier molecular flexibility index (Phi) is 1.71. The van der Waals surface area contributed by atoms with Crippen molar-refractivity contribution in [2.75, 3.05) is 0 Å². The fraction of sp³-hybridized carbons (Fsp3) is 0.111. The first-order valence-electron chi connectivity index (χ1n) is 3.73. The third-order valence-corrected chi connectivity index (χ3v) is 1.72. The van der Waals surface area contributed by atoms with Crippen LogP contribution in [-0.2, 0) is 6.54 Å². The van der Waals surface area contributed by atoms with E-state index in [2.05, 4.69) is 16.2 Å². The predicted molar refractivity (Wildman–Crippen MR) is 46.3 cm³/mol. The molecule has 1 aromatic carbocycles. The highest BCUT2D eigenvalue weighted by molar-refractivity contribution is 5.74. The summed E-state index contributed by atoms with van der Waals surface area (Å²) in [5.74, 6) is 2.11. The summed E-state index contributed by atoms with van der Waals surface area (Å²) in [5.41, 5.74) is 1.27. The van der Waals surface area contributed by atoms with Crippen molar-refractivity contribution in [3.05, 3.63) is 24.0 Å². The zero-order chi connectivity index (χ0) is 9.26. The number of hydrogen-bond acceptors (Lipinski definition) is 2. The van der Waals surface area contributed by atoms with E-state index in [4.69, 9.17) is 6.42 Å². The molecule has 3 nitrogen and oxygen atoms in total. The van der Waals surface area contributed by atoms with E-state index < -0.39 is 0 Å². The molecule has 0 saturated carbocycles. The van der Waals surface area contributed by atoms with E-state index in [1.54, 1.807) is 6.07 Å². The molecule has 1 heterocycles. The molecule has 0 atom stereocenters. The first kappa shape index (κ1) is 7.74. The summed E-state index contributed by atoms with van der Waals surface area (Å²) in [6.07, 6.45) is 5.12. The Morgan fingerprint density at radius 3 is 3.15 bits per heavy atom. The minimum Gasteiger partial charge on any atom is -0.233 e. The molecule has 0 aliphatic carbocycles. The van der Waals surface area contributed by atoms with E-state index in [1.807, 2.05) is 0 Å². The number of aromatic nitrogens is 3. The maximum atomic E-state index is 12.8. The van der Waals surface area contributed by atoms with Crippen LogP contribution in [0.4, 0.5) is 4.39 Å². The van der Waals surface area contributed by atoms with Gasteiger partial charge in [0.2, 0.25) is 0 Å². The van der Waals surface area contributed by atoms with E-state index >= 15 is 0 Å². The Morgan fingerprint density at radius 1 is 1.54 bits per heavy atom. The van der Waals surface area contributed by atoms with Gasteiger partial charge < -0.3 is 0 Å². The van der Waals surface area contributed by atoms with Crippen molar-refractivity contribution in [1.29, 1.82) is 0 Å². The normalized spacial score (nSPS) is 10.2. The Balaban J connectivity index is 2.66. The standard InChI is InChI=1S/C9H6FN3/c1-2-5-13-9-6-7(10)3-4-8(9)11-12-13/h1,3-4,6H,5H2. The molecule has 2 aromatic rings. The first-order chi connectivity index (χ1) is 6.31. The van der Waals surface area contributed by atoms with Crippen LogP contribution in [-0.4, -0.2) is 15.0 Å². The smallest absolute Gasteiger partial charge is 0.125 e. The molecule has 0 aliphatic heterocycles. The summed E-state index contributed by atoms with van der Waals surface area (Å²) in [7, 11) is 0. The maximum Gasteiger partial charge on any atom is 0.125 e. The highest BCUT2D eigenvalue weighted by Crippen LogP contribution is 2.11. The van der Waals surface area contributed by atoms with Crippen LogP contribution in [0.2, 0.25) is 0 Å². The third kappa shape index (κ3) is 1.25. The van der Waals surface area contributed by atoms with Crippen molar-refractivity contribution >= 4 is 11.0 Å². The predicted octanol–water partition coefficient (Wildman–Crippen LogP) is 1.20. The SMILES string of the molecule is C#CCn1nnc2ccc(F)cc21. The van der Waals surface area contributed by atoms with Crippen LogP contribution >= 0.6 is 0 Å². The quantitative estimate of drug-likeness (QED) is 0.610. The Hall–Kier alpha value is -1.89. The number of hydrogen-bond donors (Lipinski definition) is 0. The Morgan fingerprint density at radius 2 is 2.38 bits per heavy atom. The molecule has 64 valence electrons. The maximum absolute atomic E-state index is 12.8. The van der Waals surface area contributed by atoms with Gasteiger partial charge in [-0.1, -0.05) is 11.1 Å². The van der Waals surface area contributed by atoms with Crippen LogP contribution in [0.1, 0.15) is 0 Å².